The average molecular weight is 212 g/mol. The molecule has 0 aliphatic rings. The predicted molar refractivity (Wildman–Crippen MR) is 56.3 cm³/mol. The van der Waals surface area contributed by atoms with E-state index in [2.05, 4.69) is 11.2 Å². The monoisotopic (exact) mass is 212 g/mol. The Labute approximate surface area is 89.4 Å². The molecule has 0 bridgehead atoms. The lowest BCUT2D eigenvalue weighted by molar-refractivity contribution is -0.138. The number of rotatable bonds is 5. The fourth-order valence-corrected chi connectivity index (χ4v) is 1.25. The van der Waals surface area contributed by atoms with Gasteiger partial charge in [0.15, 0.2) is 0 Å². The minimum absolute atomic E-state index is 0.0721. The highest BCUT2D eigenvalue weighted by Gasteiger charge is 2.19. The molecule has 2 N–H and O–H groups in total. The van der Waals surface area contributed by atoms with Gasteiger partial charge in [0.05, 0.1) is 13.0 Å². The number of hydrogen-bond donors (Lipinski definition) is 2. The van der Waals surface area contributed by atoms with Gasteiger partial charge >= 0.3 is 12.0 Å². The minimum atomic E-state index is -0.925. The zero-order valence-corrected chi connectivity index (χ0v) is 8.99. The van der Waals surface area contributed by atoms with Crippen LogP contribution in [0.25, 0.3) is 0 Å². The summed E-state index contributed by atoms with van der Waals surface area (Å²) in [7, 11) is 0. The Hall–Kier alpha value is -1.70. The molecular weight excluding hydrogens is 196 g/mol. The number of carbonyl (C=O) groups is 2. The molecule has 0 aromatic carbocycles. The molecule has 0 rings (SSSR count). The average Bonchev–Trinajstić information content (AvgIpc) is 2.14. The number of amides is 2. The first kappa shape index (κ1) is 13.3. The topological polar surface area (TPSA) is 69.6 Å². The van der Waals surface area contributed by atoms with Crippen LogP contribution < -0.4 is 5.32 Å². The van der Waals surface area contributed by atoms with Crippen LogP contribution in [0.5, 0.6) is 0 Å². The fraction of sp³-hybridized carbons (Fsp3) is 0.600. The van der Waals surface area contributed by atoms with Crippen molar-refractivity contribution in [2.45, 2.75) is 26.3 Å². The summed E-state index contributed by atoms with van der Waals surface area (Å²) in [6.07, 6.45) is 4.93. The molecular formula is C10H16N2O3. The van der Waals surface area contributed by atoms with Gasteiger partial charge in [0.25, 0.3) is 0 Å². The van der Waals surface area contributed by atoms with Gasteiger partial charge in [-0.1, -0.05) is 5.92 Å². The van der Waals surface area contributed by atoms with Gasteiger partial charge in [0, 0.05) is 12.6 Å². The molecule has 0 aromatic rings. The van der Waals surface area contributed by atoms with Crippen LogP contribution in [-0.4, -0.2) is 41.1 Å². The number of nitrogens with one attached hydrogen (secondary N) is 1. The van der Waals surface area contributed by atoms with Crippen molar-refractivity contribution in [3.8, 4) is 12.3 Å². The van der Waals surface area contributed by atoms with Gasteiger partial charge in [0.2, 0.25) is 0 Å². The van der Waals surface area contributed by atoms with E-state index in [1.165, 1.54) is 4.90 Å². The molecule has 0 saturated carbocycles. The number of urea groups is 1. The molecule has 0 aromatic heterocycles. The molecule has 1 atom stereocenters. The third kappa shape index (κ3) is 4.91. The van der Waals surface area contributed by atoms with E-state index in [4.69, 9.17) is 11.5 Å². The Kier molecular flexibility index (Phi) is 5.95. The van der Waals surface area contributed by atoms with Crippen molar-refractivity contribution < 1.29 is 14.7 Å². The summed E-state index contributed by atoms with van der Waals surface area (Å²) in [5, 5.41) is 11.1. The maximum absolute atomic E-state index is 11.5. The Morgan fingerprint density at radius 3 is 2.60 bits per heavy atom. The van der Waals surface area contributed by atoms with Crippen LogP contribution in [0, 0.1) is 12.3 Å². The van der Waals surface area contributed by atoms with E-state index in [0.717, 1.165) is 0 Å². The van der Waals surface area contributed by atoms with Gasteiger partial charge < -0.3 is 15.3 Å². The number of carboxylic acid groups (broad SMARTS) is 1. The molecule has 2 amide bonds. The van der Waals surface area contributed by atoms with Crippen molar-refractivity contribution in [2.24, 2.45) is 0 Å². The van der Waals surface area contributed by atoms with Gasteiger partial charge in [-0.25, -0.2) is 4.79 Å². The molecule has 0 fully saturated rings. The molecule has 15 heavy (non-hydrogen) atoms. The second-order valence-electron chi connectivity index (χ2n) is 3.10. The predicted octanol–water partition coefficient (Wildman–Crippen LogP) is 0.514. The van der Waals surface area contributed by atoms with E-state index in [9.17, 15) is 9.59 Å². The lowest BCUT2D eigenvalue weighted by atomic mass is 10.2. The summed E-state index contributed by atoms with van der Waals surface area (Å²) >= 11 is 0. The van der Waals surface area contributed by atoms with Crippen molar-refractivity contribution in [1.29, 1.82) is 0 Å². The van der Waals surface area contributed by atoms with Gasteiger partial charge in [-0.15, -0.1) is 6.42 Å². The molecule has 0 saturated heterocycles. The van der Waals surface area contributed by atoms with Crippen molar-refractivity contribution in [1.82, 2.24) is 10.2 Å². The zero-order chi connectivity index (χ0) is 11.8. The number of carboxylic acids is 1. The first-order valence-corrected chi connectivity index (χ1v) is 4.72. The second-order valence-corrected chi connectivity index (χ2v) is 3.10. The lowest BCUT2D eigenvalue weighted by Gasteiger charge is -2.26. The molecule has 0 spiro atoms. The van der Waals surface area contributed by atoms with Crippen LogP contribution in [0.2, 0.25) is 0 Å². The van der Waals surface area contributed by atoms with Crippen LogP contribution in [0.15, 0.2) is 0 Å². The summed E-state index contributed by atoms with van der Waals surface area (Å²) in [5.41, 5.74) is 0. The molecule has 0 aliphatic heterocycles. The van der Waals surface area contributed by atoms with Crippen molar-refractivity contribution >= 4 is 12.0 Å². The van der Waals surface area contributed by atoms with E-state index in [0.29, 0.717) is 6.54 Å². The summed E-state index contributed by atoms with van der Waals surface area (Å²) in [5.74, 6) is 1.36. The van der Waals surface area contributed by atoms with Gasteiger partial charge in [-0.05, 0) is 13.8 Å². The Bertz CT molecular complexity index is 270. The molecule has 1 unspecified atom stereocenters. The quantitative estimate of drug-likeness (QED) is 0.652. The zero-order valence-electron chi connectivity index (χ0n) is 8.99. The smallest absolute Gasteiger partial charge is 0.318 e. The van der Waals surface area contributed by atoms with Crippen molar-refractivity contribution in [3.63, 3.8) is 0 Å². The molecule has 5 heteroatoms. The van der Waals surface area contributed by atoms with Crippen LogP contribution in [0.3, 0.4) is 0 Å². The van der Waals surface area contributed by atoms with E-state index < -0.39 is 5.97 Å². The number of carbonyl (C=O) groups excluding carboxylic acids is 1. The van der Waals surface area contributed by atoms with E-state index in [-0.39, 0.29) is 25.0 Å². The highest BCUT2D eigenvalue weighted by Crippen LogP contribution is 2.03. The number of nitrogens with zero attached hydrogens (tertiary/aromatic N) is 1. The van der Waals surface area contributed by atoms with Crippen molar-refractivity contribution in [3.05, 3.63) is 0 Å². The van der Waals surface area contributed by atoms with E-state index in [1.54, 1.807) is 13.8 Å². The van der Waals surface area contributed by atoms with Crippen LogP contribution in [0.1, 0.15) is 20.3 Å². The second kappa shape index (κ2) is 6.71. The van der Waals surface area contributed by atoms with Crippen LogP contribution in [0.4, 0.5) is 4.79 Å². The van der Waals surface area contributed by atoms with E-state index in [1.807, 2.05) is 0 Å². The van der Waals surface area contributed by atoms with Gasteiger partial charge in [-0.2, -0.15) is 0 Å². The Morgan fingerprint density at radius 1 is 1.60 bits per heavy atom. The third-order valence-electron chi connectivity index (χ3n) is 1.95. The number of terminal acetylenes is 1. The minimum Gasteiger partial charge on any atom is -0.481 e. The molecule has 0 heterocycles. The van der Waals surface area contributed by atoms with Crippen LogP contribution in [-0.2, 0) is 4.79 Å². The highest BCUT2D eigenvalue weighted by molar-refractivity contribution is 5.76. The third-order valence-corrected chi connectivity index (χ3v) is 1.95. The number of aliphatic carboxylic acids is 1. The maximum Gasteiger partial charge on any atom is 0.318 e. The Balaban J connectivity index is 4.28. The van der Waals surface area contributed by atoms with Crippen LogP contribution >= 0.6 is 0 Å². The maximum atomic E-state index is 11.5. The van der Waals surface area contributed by atoms with Gasteiger partial charge in [0.1, 0.15) is 0 Å². The summed E-state index contributed by atoms with van der Waals surface area (Å²) in [6.45, 7) is 4.07. The van der Waals surface area contributed by atoms with Gasteiger partial charge in [-0.3, -0.25) is 4.79 Å². The lowest BCUT2D eigenvalue weighted by Crippen LogP contribution is -2.45. The Morgan fingerprint density at radius 2 is 2.20 bits per heavy atom. The van der Waals surface area contributed by atoms with E-state index >= 15 is 0 Å². The number of hydrogen-bond acceptors (Lipinski definition) is 2. The SMILES string of the molecule is C#CCNC(=O)N(CC)C(C)CC(=O)O. The summed E-state index contributed by atoms with van der Waals surface area (Å²) < 4.78 is 0. The molecule has 5 nitrogen and oxygen atoms in total. The fourth-order valence-electron chi connectivity index (χ4n) is 1.25. The molecule has 0 radical (unpaired) electrons. The summed E-state index contributed by atoms with van der Waals surface area (Å²) in [4.78, 5) is 23.4. The molecule has 84 valence electrons. The molecule has 0 aliphatic carbocycles. The normalized spacial score (nSPS) is 11.3. The van der Waals surface area contributed by atoms with Crippen molar-refractivity contribution in [2.75, 3.05) is 13.1 Å². The summed E-state index contributed by atoms with van der Waals surface area (Å²) in [6, 6.07) is -0.672. The first-order valence-electron chi connectivity index (χ1n) is 4.72. The standard InChI is InChI=1S/C10H16N2O3/c1-4-6-11-10(15)12(5-2)8(3)7-9(13)14/h1,8H,5-7H2,2-3H3,(H,11,15)(H,13,14). The largest absolute Gasteiger partial charge is 0.481 e. The first-order chi connectivity index (χ1) is 7.02. The highest BCUT2D eigenvalue weighted by atomic mass is 16.4.